The zero-order chi connectivity index (χ0) is 18.7. The molecule has 136 valence electrons. The largest absolute Gasteiger partial charge is 0.456 e. The first kappa shape index (κ1) is 18.6. The second kappa shape index (κ2) is 7.61. The number of carbonyl (C=O) groups excluding carboxylic acids is 1. The fourth-order valence-electron chi connectivity index (χ4n) is 2.83. The van der Waals surface area contributed by atoms with Gasteiger partial charge in [-0.15, -0.1) is 0 Å². The van der Waals surface area contributed by atoms with Crippen molar-refractivity contribution in [2.24, 2.45) is 0 Å². The van der Waals surface area contributed by atoms with Crippen molar-refractivity contribution in [2.45, 2.75) is 17.9 Å². The van der Waals surface area contributed by atoms with Gasteiger partial charge < -0.3 is 4.74 Å². The first-order valence-electron chi connectivity index (χ1n) is 8.05. The fraction of sp³-hybridized carbons (Fsp3) is 0.211. The number of sulfonamides is 1. The molecule has 2 aromatic carbocycles. The molecule has 0 saturated carbocycles. The van der Waals surface area contributed by atoms with E-state index in [9.17, 15) is 13.2 Å². The molecular weight excluding hydrogens is 374 g/mol. The van der Waals surface area contributed by atoms with Crippen molar-refractivity contribution in [1.29, 1.82) is 0 Å². The lowest BCUT2D eigenvalue weighted by Crippen LogP contribution is -2.36. The molecule has 0 spiro atoms. The third-order valence-corrected chi connectivity index (χ3v) is 6.11. The van der Waals surface area contributed by atoms with Gasteiger partial charge in [-0.3, -0.25) is 0 Å². The van der Waals surface area contributed by atoms with Crippen LogP contribution in [-0.2, 0) is 27.7 Å². The van der Waals surface area contributed by atoms with E-state index in [1.165, 1.54) is 28.6 Å². The number of fused-ring (bicyclic) bond motifs is 1. The Hall–Kier alpha value is -2.15. The molecule has 0 bridgehead atoms. The van der Waals surface area contributed by atoms with Crippen LogP contribution in [0.3, 0.4) is 0 Å². The predicted octanol–water partition coefficient (Wildman–Crippen LogP) is 3.34. The van der Waals surface area contributed by atoms with Crippen LogP contribution >= 0.6 is 11.6 Å². The number of carbonyl (C=O) groups is 1. The number of nitrogens with zero attached hydrogens (tertiary/aromatic N) is 1. The highest BCUT2D eigenvalue weighted by Crippen LogP contribution is 2.25. The Bertz CT molecular complexity index is 956. The van der Waals surface area contributed by atoms with E-state index in [-0.39, 0.29) is 22.1 Å². The molecule has 3 rings (SSSR count). The number of rotatable bonds is 5. The van der Waals surface area contributed by atoms with Gasteiger partial charge in [0.2, 0.25) is 10.0 Å². The average molecular weight is 392 g/mol. The van der Waals surface area contributed by atoms with E-state index in [1.54, 1.807) is 0 Å². The minimum absolute atomic E-state index is 0.0658. The Morgan fingerprint density at radius 3 is 2.62 bits per heavy atom. The molecule has 0 unspecified atom stereocenters. The minimum Gasteiger partial charge on any atom is -0.456 e. The summed E-state index contributed by atoms with van der Waals surface area (Å²) >= 11 is 5.58. The number of esters is 1. The monoisotopic (exact) mass is 391 g/mol. The van der Waals surface area contributed by atoms with Crippen molar-refractivity contribution < 1.29 is 17.9 Å². The zero-order valence-corrected chi connectivity index (χ0v) is 15.6. The van der Waals surface area contributed by atoms with Crippen LogP contribution in [0.5, 0.6) is 0 Å². The number of halogens is 1. The van der Waals surface area contributed by atoms with Crippen LogP contribution in [0.4, 0.5) is 0 Å². The molecule has 5 nitrogen and oxygen atoms in total. The summed E-state index contributed by atoms with van der Waals surface area (Å²) in [5, 5.41) is 0.189. The molecule has 1 aliphatic rings. The topological polar surface area (TPSA) is 63.7 Å². The van der Waals surface area contributed by atoms with Gasteiger partial charge in [-0.1, -0.05) is 48.5 Å². The van der Waals surface area contributed by atoms with E-state index in [1.807, 2.05) is 24.3 Å². The molecule has 2 aromatic rings. The van der Waals surface area contributed by atoms with E-state index >= 15 is 0 Å². The van der Waals surface area contributed by atoms with Crippen LogP contribution < -0.4 is 0 Å². The Labute approximate surface area is 157 Å². The van der Waals surface area contributed by atoms with Crippen LogP contribution in [0.1, 0.15) is 21.5 Å². The molecule has 26 heavy (non-hydrogen) atoms. The number of hydrogen-bond donors (Lipinski definition) is 0. The SMILES string of the molecule is C=C(Cl)COC(=O)c1cccc(S(=O)(=O)N2CCc3ccccc3C2)c1. The summed E-state index contributed by atoms with van der Waals surface area (Å²) in [6.45, 7) is 4.04. The van der Waals surface area contributed by atoms with Crippen molar-refractivity contribution in [3.05, 3.63) is 76.8 Å². The van der Waals surface area contributed by atoms with Gasteiger partial charge in [0, 0.05) is 18.1 Å². The van der Waals surface area contributed by atoms with Gasteiger partial charge in [0.1, 0.15) is 6.61 Å². The molecule has 0 N–H and O–H groups in total. The summed E-state index contributed by atoms with van der Waals surface area (Å²) in [7, 11) is -3.71. The number of hydrogen-bond acceptors (Lipinski definition) is 4. The molecule has 1 aliphatic heterocycles. The van der Waals surface area contributed by atoms with E-state index in [2.05, 4.69) is 6.58 Å². The van der Waals surface area contributed by atoms with Crippen molar-refractivity contribution in [1.82, 2.24) is 4.31 Å². The molecular formula is C19H18ClNO4S. The number of ether oxygens (including phenoxy) is 1. The maximum absolute atomic E-state index is 13.0. The molecule has 0 aliphatic carbocycles. The van der Waals surface area contributed by atoms with Crippen LogP contribution in [0, 0.1) is 0 Å². The quantitative estimate of drug-likeness (QED) is 0.733. The first-order valence-corrected chi connectivity index (χ1v) is 9.87. The lowest BCUT2D eigenvalue weighted by Gasteiger charge is -2.28. The highest BCUT2D eigenvalue weighted by molar-refractivity contribution is 7.89. The third kappa shape index (κ3) is 3.98. The summed E-state index contributed by atoms with van der Waals surface area (Å²) in [6, 6.07) is 13.6. The second-order valence-corrected chi connectivity index (χ2v) is 8.45. The maximum Gasteiger partial charge on any atom is 0.338 e. The van der Waals surface area contributed by atoms with Crippen molar-refractivity contribution in [3.8, 4) is 0 Å². The van der Waals surface area contributed by atoms with Crippen LogP contribution in [0.15, 0.2) is 65.0 Å². The molecule has 0 radical (unpaired) electrons. The van der Waals surface area contributed by atoms with Crippen LogP contribution in [0.25, 0.3) is 0 Å². The minimum atomic E-state index is -3.71. The summed E-state index contributed by atoms with van der Waals surface area (Å²) in [5.74, 6) is -0.646. The molecule has 0 atom stereocenters. The second-order valence-electron chi connectivity index (χ2n) is 5.98. The van der Waals surface area contributed by atoms with Gasteiger partial charge in [0.05, 0.1) is 10.5 Å². The average Bonchev–Trinajstić information content (AvgIpc) is 2.65. The van der Waals surface area contributed by atoms with E-state index < -0.39 is 16.0 Å². The molecule has 0 fully saturated rings. The lowest BCUT2D eigenvalue weighted by molar-refractivity contribution is 0.0546. The molecule has 0 saturated heterocycles. The standard InChI is InChI=1S/C19H18ClNO4S/c1-14(20)13-25-19(22)16-7-4-8-18(11-16)26(23,24)21-10-9-15-5-2-3-6-17(15)12-21/h2-8,11H,1,9-10,12-13H2. The molecule has 0 amide bonds. The van der Waals surface area contributed by atoms with Crippen molar-refractivity contribution in [3.63, 3.8) is 0 Å². The molecule has 7 heteroatoms. The van der Waals surface area contributed by atoms with E-state index in [4.69, 9.17) is 16.3 Å². The van der Waals surface area contributed by atoms with Gasteiger partial charge in [-0.05, 0) is 35.7 Å². The van der Waals surface area contributed by atoms with Gasteiger partial charge in [-0.2, -0.15) is 4.31 Å². The van der Waals surface area contributed by atoms with E-state index in [0.29, 0.717) is 19.5 Å². The van der Waals surface area contributed by atoms with Gasteiger partial charge in [0.25, 0.3) is 0 Å². The Balaban J connectivity index is 1.83. The van der Waals surface area contributed by atoms with Crippen LogP contribution in [-0.4, -0.2) is 31.8 Å². The summed E-state index contributed by atoms with van der Waals surface area (Å²) in [5.41, 5.74) is 2.32. The number of benzene rings is 2. The molecule has 0 aromatic heterocycles. The predicted molar refractivity (Wildman–Crippen MR) is 99.5 cm³/mol. The van der Waals surface area contributed by atoms with Gasteiger partial charge >= 0.3 is 5.97 Å². The Kier molecular flexibility index (Phi) is 5.46. The Morgan fingerprint density at radius 1 is 1.15 bits per heavy atom. The zero-order valence-electron chi connectivity index (χ0n) is 14.0. The summed E-state index contributed by atoms with van der Waals surface area (Å²) in [4.78, 5) is 12.1. The van der Waals surface area contributed by atoms with Crippen molar-refractivity contribution >= 4 is 27.6 Å². The summed E-state index contributed by atoms with van der Waals surface area (Å²) in [6.07, 6.45) is 0.662. The Morgan fingerprint density at radius 2 is 1.88 bits per heavy atom. The van der Waals surface area contributed by atoms with Crippen LogP contribution in [0.2, 0.25) is 0 Å². The highest BCUT2D eigenvalue weighted by atomic mass is 35.5. The highest BCUT2D eigenvalue weighted by Gasteiger charge is 2.28. The third-order valence-electron chi connectivity index (χ3n) is 4.16. The summed E-state index contributed by atoms with van der Waals surface area (Å²) < 4.78 is 32.4. The van der Waals surface area contributed by atoms with Gasteiger partial charge in [-0.25, -0.2) is 13.2 Å². The fourth-order valence-corrected chi connectivity index (χ4v) is 4.35. The maximum atomic E-state index is 13.0. The normalized spacial score (nSPS) is 14.5. The first-order chi connectivity index (χ1) is 12.4. The van der Waals surface area contributed by atoms with Gasteiger partial charge in [0.15, 0.2) is 0 Å². The van der Waals surface area contributed by atoms with Crippen molar-refractivity contribution in [2.75, 3.05) is 13.2 Å². The smallest absolute Gasteiger partial charge is 0.338 e. The van der Waals surface area contributed by atoms with E-state index in [0.717, 1.165) is 11.1 Å². The molecule has 1 heterocycles. The lowest BCUT2D eigenvalue weighted by atomic mass is 10.0.